The fraction of sp³-hybridized carbons (Fsp3) is 0.357. The van der Waals surface area contributed by atoms with Gasteiger partial charge in [-0.3, -0.25) is 4.57 Å². The van der Waals surface area contributed by atoms with E-state index in [4.69, 9.17) is 12.2 Å². The van der Waals surface area contributed by atoms with Gasteiger partial charge in [0.1, 0.15) is 0 Å². The third-order valence-electron chi connectivity index (χ3n) is 3.05. The van der Waals surface area contributed by atoms with Gasteiger partial charge < -0.3 is 0 Å². The number of thiazole rings is 1. The molecule has 1 aromatic carbocycles. The molecule has 1 heterocycles. The zero-order valence-electron chi connectivity index (χ0n) is 10.8. The van der Waals surface area contributed by atoms with Gasteiger partial charge in [-0.15, -0.1) is 11.3 Å². The quantitative estimate of drug-likeness (QED) is 0.670. The Balaban J connectivity index is 2.79. The van der Waals surface area contributed by atoms with Gasteiger partial charge in [-0.2, -0.15) is 0 Å². The van der Waals surface area contributed by atoms with Gasteiger partial charge in [-0.25, -0.2) is 0 Å². The maximum atomic E-state index is 5.55. The van der Waals surface area contributed by atoms with Crippen LogP contribution in [0.5, 0.6) is 0 Å². The Morgan fingerprint density at radius 3 is 2.56 bits per heavy atom. The van der Waals surface area contributed by atoms with E-state index in [0.717, 1.165) is 21.3 Å². The standard InChI is InChI=1S/C14H16BrNS2/c1-4-11-12(5-2)18-14(17)16(11)13-9(3)7-6-8-10(13)15/h6-8H,4-5H2,1-3H3. The summed E-state index contributed by atoms with van der Waals surface area (Å²) >= 11 is 10.9. The number of nitrogens with zero attached hydrogens (tertiary/aromatic N) is 1. The van der Waals surface area contributed by atoms with Crippen molar-refractivity contribution in [3.8, 4) is 5.69 Å². The minimum Gasteiger partial charge on any atom is -0.294 e. The van der Waals surface area contributed by atoms with Crippen LogP contribution in [0.2, 0.25) is 0 Å². The molecule has 1 nitrogen and oxygen atoms in total. The largest absolute Gasteiger partial charge is 0.294 e. The van der Waals surface area contributed by atoms with Gasteiger partial charge in [0.2, 0.25) is 0 Å². The number of rotatable bonds is 3. The van der Waals surface area contributed by atoms with Gasteiger partial charge in [-0.05, 0) is 59.5 Å². The predicted molar refractivity (Wildman–Crippen MR) is 85.7 cm³/mol. The maximum absolute atomic E-state index is 5.55. The number of aromatic nitrogens is 1. The van der Waals surface area contributed by atoms with E-state index in [1.54, 1.807) is 11.3 Å². The molecule has 96 valence electrons. The van der Waals surface area contributed by atoms with Crippen molar-refractivity contribution < 1.29 is 0 Å². The number of benzene rings is 1. The van der Waals surface area contributed by atoms with Gasteiger partial charge >= 0.3 is 0 Å². The molecule has 18 heavy (non-hydrogen) atoms. The van der Waals surface area contributed by atoms with Crippen molar-refractivity contribution in [3.05, 3.63) is 42.8 Å². The highest BCUT2D eigenvalue weighted by Gasteiger charge is 2.15. The molecule has 1 aromatic heterocycles. The molecule has 0 spiro atoms. The lowest BCUT2D eigenvalue weighted by atomic mass is 10.1. The average Bonchev–Trinajstić information content (AvgIpc) is 2.66. The number of aryl methyl sites for hydroxylation is 2. The first kappa shape index (κ1) is 14.0. The molecule has 0 amide bonds. The van der Waals surface area contributed by atoms with E-state index >= 15 is 0 Å². The summed E-state index contributed by atoms with van der Waals surface area (Å²) in [6.07, 6.45) is 2.06. The summed E-state index contributed by atoms with van der Waals surface area (Å²) in [5.74, 6) is 0. The van der Waals surface area contributed by atoms with E-state index in [2.05, 4.69) is 59.5 Å². The van der Waals surface area contributed by atoms with Gasteiger partial charge in [0.15, 0.2) is 3.95 Å². The van der Waals surface area contributed by atoms with E-state index < -0.39 is 0 Å². The molecule has 2 aromatic rings. The highest BCUT2D eigenvalue weighted by Crippen LogP contribution is 2.31. The van der Waals surface area contributed by atoms with E-state index in [1.165, 1.54) is 21.8 Å². The minimum absolute atomic E-state index is 0.943. The average molecular weight is 342 g/mol. The normalized spacial score (nSPS) is 10.9. The van der Waals surface area contributed by atoms with Crippen molar-refractivity contribution >= 4 is 39.5 Å². The number of halogens is 1. The van der Waals surface area contributed by atoms with Gasteiger partial charge in [0.25, 0.3) is 0 Å². The molecule has 0 bridgehead atoms. The molecule has 0 unspecified atom stereocenters. The molecule has 0 saturated heterocycles. The summed E-state index contributed by atoms with van der Waals surface area (Å²) in [4.78, 5) is 1.40. The molecule has 0 aliphatic heterocycles. The van der Waals surface area contributed by atoms with Crippen molar-refractivity contribution in [3.63, 3.8) is 0 Å². The zero-order chi connectivity index (χ0) is 13.3. The van der Waals surface area contributed by atoms with E-state index in [0.29, 0.717) is 0 Å². The monoisotopic (exact) mass is 341 g/mol. The SMILES string of the molecule is CCc1sc(=S)n(-c2c(C)cccc2Br)c1CC. The van der Waals surface area contributed by atoms with Crippen LogP contribution in [-0.4, -0.2) is 4.57 Å². The Kier molecular flexibility index (Phi) is 4.41. The molecule has 0 atom stereocenters. The van der Waals surface area contributed by atoms with Crippen molar-refractivity contribution in [1.29, 1.82) is 0 Å². The molecule has 0 radical (unpaired) electrons. The molecule has 0 saturated carbocycles. The van der Waals surface area contributed by atoms with Gasteiger partial charge in [0, 0.05) is 15.0 Å². The molecule has 2 rings (SSSR count). The summed E-state index contributed by atoms with van der Waals surface area (Å²) in [6.45, 7) is 6.51. The van der Waals surface area contributed by atoms with Crippen LogP contribution in [0.4, 0.5) is 0 Å². The third-order valence-corrected chi connectivity index (χ3v) is 5.25. The second kappa shape index (κ2) is 5.68. The molecular formula is C14H16BrNS2. The highest BCUT2D eigenvalue weighted by atomic mass is 79.9. The summed E-state index contributed by atoms with van der Waals surface area (Å²) in [5.41, 5.74) is 3.79. The van der Waals surface area contributed by atoms with Crippen LogP contribution in [0.3, 0.4) is 0 Å². The smallest absolute Gasteiger partial charge is 0.166 e. The van der Waals surface area contributed by atoms with E-state index in [1.807, 2.05) is 0 Å². The Morgan fingerprint density at radius 2 is 2.00 bits per heavy atom. The lowest BCUT2D eigenvalue weighted by Gasteiger charge is -2.13. The summed E-state index contributed by atoms with van der Waals surface area (Å²) in [6, 6.07) is 6.27. The topological polar surface area (TPSA) is 4.93 Å². The molecule has 4 heteroatoms. The fourth-order valence-corrected chi connectivity index (χ4v) is 4.36. The summed E-state index contributed by atoms with van der Waals surface area (Å²) in [7, 11) is 0. The van der Waals surface area contributed by atoms with Crippen LogP contribution >= 0.6 is 39.5 Å². The van der Waals surface area contributed by atoms with Gasteiger partial charge in [-0.1, -0.05) is 26.0 Å². The zero-order valence-corrected chi connectivity index (χ0v) is 14.0. The second-order valence-electron chi connectivity index (χ2n) is 4.19. The van der Waals surface area contributed by atoms with Crippen molar-refractivity contribution in [1.82, 2.24) is 4.57 Å². The first-order valence-electron chi connectivity index (χ1n) is 6.09. The second-order valence-corrected chi connectivity index (χ2v) is 6.77. The Bertz CT molecular complexity index is 605. The third kappa shape index (κ3) is 2.33. The van der Waals surface area contributed by atoms with Crippen molar-refractivity contribution in [2.45, 2.75) is 33.6 Å². The van der Waals surface area contributed by atoms with Crippen molar-refractivity contribution in [2.75, 3.05) is 0 Å². The maximum Gasteiger partial charge on any atom is 0.166 e. The highest BCUT2D eigenvalue weighted by molar-refractivity contribution is 9.10. The van der Waals surface area contributed by atoms with E-state index in [9.17, 15) is 0 Å². The fourth-order valence-electron chi connectivity index (χ4n) is 2.21. The minimum atomic E-state index is 0.943. The molecule has 0 aliphatic rings. The van der Waals surface area contributed by atoms with Gasteiger partial charge in [0.05, 0.1) is 5.69 Å². The van der Waals surface area contributed by atoms with Crippen LogP contribution in [0, 0.1) is 10.9 Å². The number of hydrogen-bond acceptors (Lipinski definition) is 2. The van der Waals surface area contributed by atoms with Crippen molar-refractivity contribution in [2.24, 2.45) is 0 Å². The van der Waals surface area contributed by atoms with E-state index in [-0.39, 0.29) is 0 Å². The van der Waals surface area contributed by atoms with Crippen LogP contribution in [0.1, 0.15) is 30.0 Å². The summed E-state index contributed by atoms with van der Waals surface area (Å²) in [5, 5.41) is 0. The van der Waals surface area contributed by atoms with Crippen LogP contribution in [-0.2, 0) is 12.8 Å². The summed E-state index contributed by atoms with van der Waals surface area (Å²) < 4.78 is 4.28. The first-order chi connectivity index (χ1) is 8.60. The lowest BCUT2D eigenvalue weighted by molar-refractivity contribution is 0.894. The number of hydrogen-bond donors (Lipinski definition) is 0. The molecule has 0 fully saturated rings. The first-order valence-corrected chi connectivity index (χ1v) is 8.11. The molecule has 0 N–H and O–H groups in total. The van der Waals surface area contributed by atoms with Crippen LogP contribution < -0.4 is 0 Å². The number of para-hydroxylation sites is 1. The lowest BCUT2D eigenvalue weighted by Crippen LogP contribution is -2.04. The Hall–Kier alpha value is -0.450. The van der Waals surface area contributed by atoms with Crippen LogP contribution in [0.25, 0.3) is 5.69 Å². The Labute approximate surface area is 126 Å². The predicted octanol–water partition coefficient (Wildman–Crippen LogP) is 5.46. The molecular weight excluding hydrogens is 326 g/mol. The van der Waals surface area contributed by atoms with Crippen LogP contribution in [0.15, 0.2) is 22.7 Å². The Morgan fingerprint density at radius 1 is 1.28 bits per heavy atom. The molecule has 0 aliphatic carbocycles.